The minimum absolute atomic E-state index is 0.289. The number of rotatable bonds is 3. The molecule has 0 aliphatic carbocycles. The van der Waals surface area contributed by atoms with Crippen LogP contribution in [0.3, 0.4) is 0 Å². The Kier molecular flexibility index (Phi) is 4.86. The molecule has 0 radical (unpaired) electrons. The Labute approximate surface area is 172 Å². The maximum atomic E-state index is 13.3. The third kappa shape index (κ3) is 3.62. The molecule has 0 saturated carbocycles. The van der Waals surface area contributed by atoms with Gasteiger partial charge >= 0.3 is 0 Å². The second-order valence-electron chi connectivity index (χ2n) is 6.38. The summed E-state index contributed by atoms with van der Waals surface area (Å²) in [4.78, 5) is 16.9. The van der Waals surface area contributed by atoms with Crippen molar-refractivity contribution in [2.24, 2.45) is 0 Å². The zero-order chi connectivity index (χ0) is 20.4. The lowest BCUT2D eigenvalue weighted by Gasteiger charge is -2.13. The predicted molar refractivity (Wildman–Crippen MR) is 113 cm³/mol. The third-order valence-corrected chi connectivity index (χ3v) is 4.76. The van der Waals surface area contributed by atoms with Crippen LogP contribution in [0.2, 0.25) is 5.02 Å². The molecule has 4 rings (SSSR count). The molecule has 140 valence electrons. The second kappa shape index (κ2) is 7.63. The van der Waals surface area contributed by atoms with E-state index in [2.05, 4.69) is 4.85 Å². The summed E-state index contributed by atoms with van der Waals surface area (Å²) in [6, 6.07) is 19.2. The van der Waals surface area contributed by atoms with Crippen molar-refractivity contribution >= 4 is 17.3 Å². The van der Waals surface area contributed by atoms with Crippen molar-refractivity contribution in [2.75, 3.05) is 0 Å². The molecular weight excluding hydrogens is 386 g/mol. The summed E-state index contributed by atoms with van der Waals surface area (Å²) in [5, 5.41) is 12.3. The minimum atomic E-state index is -0.289. The van der Waals surface area contributed by atoms with E-state index in [0.717, 1.165) is 0 Å². The summed E-state index contributed by atoms with van der Waals surface area (Å²) < 4.78 is 2.06. The highest BCUT2D eigenvalue weighted by Crippen LogP contribution is 2.32. The fourth-order valence-electron chi connectivity index (χ4n) is 3.18. The number of pyridine rings is 2. The van der Waals surface area contributed by atoms with Gasteiger partial charge in [0.15, 0.2) is 11.9 Å². The molecule has 0 amide bonds. The second-order valence-corrected chi connectivity index (χ2v) is 6.82. The number of para-hydroxylation sites is 1. The van der Waals surface area contributed by atoms with E-state index in [1.165, 1.54) is 17.0 Å². The van der Waals surface area contributed by atoms with Gasteiger partial charge in [-0.1, -0.05) is 48.0 Å². The quantitative estimate of drug-likeness (QED) is 0.276. The van der Waals surface area contributed by atoms with Crippen molar-refractivity contribution in [2.45, 2.75) is 0 Å². The standard InChI is InChI=1S/C23H14ClN3O2/c1-25-22-10-3-2-9-20(22)17-13-21(16-6-4-7-18(24)12-16)23(28)27(14-17)19-8-5-11-26(29)15-19/h2-15H. The van der Waals surface area contributed by atoms with E-state index in [1.807, 2.05) is 12.1 Å². The Bertz CT molecular complexity index is 1250. The van der Waals surface area contributed by atoms with Crippen LogP contribution >= 0.6 is 11.6 Å². The van der Waals surface area contributed by atoms with Crippen LogP contribution in [-0.4, -0.2) is 4.57 Å². The molecule has 0 spiro atoms. The first-order chi connectivity index (χ1) is 14.1. The van der Waals surface area contributed by atoms with Gasteiger partial charge in [0.05, 0.1) is 6.57 Å². The van der Waals surface area contributed by atoms with Gasteiger partial charge in [0.1, 0.15) is 5.69 Å². The van der Waals surface area contributed by atoms with Crippen molar-refractivity contribution < 1.29 is 4.73 Å². The van der Waals surface area contributed by atoms with Crippen LogP contribution in [0, 0.1) is 11.8 Å². The molecule has 0 saturated heterocycles. The van der Waals surface area contributed by atoms with Crippen molar-refractivity contribution in [1.29, 1.82) is 0 Å². The first-order valence-electron chi connectivity index (χ1n) is 8.75. The summed E-state index contributed by atoms with van der Waals surface area (Å²) >= 11 is 6.14. The number of aromatic nitrogens is 2. The smallest absolute Gasteiger partial charge is 0.263 e. The molecule has 0 aliphatic rings. The Morgan fingerprint density at radius 1 is 0.966 bits per heavy atom. The summed E-state index contributed by atoms with van der Waals surface area (Å²) in [5.41, 5.74) is 3.08. The van der Waals surface area contributed by atoms with Gasteiger partial charge in [0.25, 0.3) is 5.56 Å². The van der Waals surface area contributed by atoms with Gasteiger partial charge < -0.3 is 5.21 Å². The number of benzene rings is 2. The number of hydrogen-bond donors (Lipinski definition) is 0. The SMILES string of the molecule is [C-]#[N+]c1ccccc1-c1cc(-c2cccc(Cl)c2)c(=O)n(-c2ccc[n+]([O-])c2)c1. The third-order valence-electron chi connectivity index (χ3n) is 4.53. The van der Waals surface area contributed by atoms with Crippen molar-refractivity contribution in [3.63, 3.8) is 0 Å². The molecule has 2 aromatic heterocycles. The molecule has 2 heterocycles. The molecule has 5 nitrogen and oxygen atoms in total. The zero-order valence-electron chi connectivity index (χ0n) is 15.1. The van der Waals surface area contributed by atoms with Crippen LogP contribution in [0.5, 0.6) is 0 Å². The highest BCUT2D eigenvalue weighted by atomic mass is 35.5. The van der Waals surface area contributed by atoms with Crippen LogP contribution in [-0.2, 0) is 0 Å². The average Bonchev–Trinajstić information content (AvgIpc) is 2.74. The highest BCUT2D eigenvalue weighted by Gasteiger charge is 2.15. The molecular formula is C23H14ClN3O2. The summed E-state index contributed by atoms with van der Waals surface area (Å²) in [7, 11) is 0. The fourth-order valence-corrected chi connectivity index (χ4v) is 3.37. The lowest BCUT2D eigenvalue weighted by molar-refractivity contribution is -0.605. The van der Waals surface area contributed by atoms with E-state index in [-0.39, 0.29) is 5.56 Å². The normalized spacial score (nSPS) is 10.5. The van der Waals surface area contributed by atoms with E-state index in [9.17, 15) is 10.0 Å². The molecule has 0 bridgehead atoms. The van der Waals surface area contributed by atoms with E-state index >= 15 is 0 Å². The first kappa shape index (κ1) is 18.5. The lowest BCUT2D eigenvalue weighted by Crippen LogP contribution is -2.28. The first-order valence-corrected chi connectivity index (χ1v) is 9.13. The van der Waals surface area contributed by atoms with Gasteiger partial charge in [-0.3, -0.25) is 9.36 Å². The average molecular weight is 400 g/mol. The largest absolute Gasteiger partial charge is 0.619 e. The molecule has 2 aromatic carbocycles. The molecule has 29 heavy (non-hydrogen) atoms. The maximum Gasteiger partial charge on any atom is 0.263 e. The molecule has 0 fully saturated rings. The summed E-state index contributed by atoms with van der Waals surface area (Å²) in [5.74, 6) is 0. The van der Waals surface area contributed by atoms with Gasteiger partial charge in [0.2, 0.25) is 6.20 Å². The maximum absolute atomic E-state index is 13.3. The number of nitrogens with zero attached hydrogens (tertiary/aromatic N) is 3. The zero-order valence-corrected chi connectivity index (χ0v) is 15.9. The van der Waals surface area contributed by atoms with Crippen LogP contribution in [0.25, 0.3) is 32.8 Å². The van der Waals surface area contributed by atoms with Gasteiger partial charge in [0, 0.05) is 22.8 Å². The summed E-state index contributed by atoms with van der Waals surface area (Å²) in [6.07, 6.45) is 4.33. The topological polar surface area (TPSA) is 53.3 Å². The van der Waals surface area contributed by atoms with Crippen molar-refractivity contribution in [1.82, 2.24) is 4.57 Å². The molecule has 0 aliphatic heterocycles. The van der Waals surface area contributed by atoms with Crippen molar-refractivity contribution in [3.8, 4) is 27.9 Å². The predicted octanol–water partition coefficient (Wildman–Crippen LogP) is 5.01. The Morgan fingerprint density at radius 2 is 1.79 bits per heavy atom. The van der Waals surface area contributed by atoms with E-state index in [0.29, 0.717) is 43.4 Å². The van der Waals surface area contributed by atoms with Crippen LogP contribution in [0.4, 0.5) is 5.69 Å². The molecule has 4 aromatic rings. The van der Waals surface area contributed by atoms with Crippen LogP contribution < -0.4 is 10.3 Å². The van der Waals surface area contributed by atoms with Crippen molar-refractivity contribution in [3.05, 3.63) is 117 Å². The molecule has 6 heteroatoms. The van der Waals surface area contributed by atoms with Gasteiger partial charge in [-0.25, -0.2) is 4.85 Å². The van der Waals surface area contributed by atoms with E-state index in [1.54, 1.807) is 60.8 Å². The van der Waals surface area contributed by atoms with Crippen LogP contribution in [0.1, 0.15) is 0 Å². The monoisotopic (exact) mass is 399 g/mol. The molecule has 0 unspecified atom stereocenters. The molecule has 0 N–H and O–H groups in total. The number of halogens is 1. The van der Waals surface area contributed by atoms with Crippen LogP contribution in [0.15, 0.2) is 90.1 Å². The Morgan fingerprint density at radius 3 is 2.55 bits per heavy atom. The van der Waals surface area contributed by atoms with Gasteiger partial charge in [-0.15, -0.1) is 0 Å². The minimum Gasteiger partial charge on any atom is -0.619 e. The Hall–Kier alpha value is -3.88. The fraction of sp³-hybridized carbons (Fsp3) is 0. The lowest BCUT2D eigenvalue weighted by atomic mass is 10.00. The van der Waals surface area contributed by atoms with E-state index in [4.69, 9.17) is 18.2 Å². The Balaban J connectivity index is 2.05. The van der Waals surface area contributed by atoms with Gasteiger partial charge in [-0.05, 0) is 41.0 Å². The highest BCUT2D eigenvalue weighted by molar-refractivity contribution is 6.30. The molecule has 0 atom stereocenters. The summed E-state index contributed by atoms with van der Waals surface area (Å²) in [6.45, 7) is 7.46. The van der Waals surface area contributed by atoms with E-state index < -0.39 is 0 Å². The van der Waals surface area contributed by atoms with Gasteiger partial charge in [-0.2, -0.15) is 4.73 Å². The number of hydrogen-bond acceptors (Lipinski definition) is 2.